The van der Waals surface area contributed by atoms with Crippen LogP contribution < -0.4 is 15.4 Å². The molecule has 0 aliphatic rings. The maximum Gasteiger partial charge on any atom is 0.213 e. The number of halogens is 1. The van der Waals surface area contributed by atoms with Crippen LogP contribution in [0.4, 0.5) is 0 Å². The van der Waals surface area contributed by atoms with Crippen molar-refractivity contribution in [3.63, 3.8) is 0 Å². The summed E-state index contributed by atoms with van der Waals surface area (Å²) in [5, 5.41) is 6.65. The number of aryl methyl sites for hydroxylation is 2. The molecule has 2 N–H and O–H groups in total. The number of hydrogen-bond acceptors (Lipinski definition) is 3. The average molecular weight is 454 g/mol. The van der Waals surface area contributed by atoms with Crippen LogP contribution >= 0.6 is 24.0 Å². The van der Waals surface area contributed by atoms with Gasteiger partial charge in [0.15, 0.2) is 5.96 Å². The van der Waals surface area contributed by atoms with Crippen LogP contribution in [0.15, 0.2) is 41.5 Å². The molecular formula is C19H27IN4O. The van der Waals surface area contributed by atoms with E-state index in [1.807, 2.05) is 12.1 Å². The zero-order valence-electron chi connectivity index (χ0n) is 15.3. The number of aliphatic imine (C=N–C) groups is 1. The second-order valence-corrected chi connectivity index (χ2v) is 5.80. The predicted octanol–water partition coefficient (Wildman–Crippen LogP) is 3.23. The Kier molecular flexibility index (Phi) is 9.26. The molecule has 2 aromatic rings. The molecule has 0 aliphatic heterocycles. The molecule has 0 bridgehead atoms. The normalized spacial score (nSPS) is 10.8. The van der Waals surface area contributed by atoms with Gasteiger partial charge in [0.25, 0.3) is 0 Å². The van der Waals surface area contributed by atoms with Crippen LogP contribution in [-0.4, -0.2) is 31.6 Å². The summed E-state index contributed by atoms with van der Waals surface area (Å²) in [6.45, 7) is 5.77. The molecule has 0 amide bonds. The summed E-state index contributed by atoms with van der Waals surface area (Å²) in [4.78, 5) is 8.37. The third-order valence-electron chi connectivity index (χ3n) is 3.68. The monoisotopic (exact) mass is 454 g/mol. The number of nitrogens with one attached hydrogen (secondary N) is 2. The van der Waals surface area contributed by atoms with Crippen molar-refractivity contribution in [1.29, 1.82) is 0 Å². The number of methoxy groups -OCH3 is 1. The van der Waals surface area contributed by atoms with Gasteiger partial charge < -0.3 is 15.4 Å². The topological polar surface area (TPSA) is 58.5 Å². The highest BCUT2D eigenvalue weighted by molar-refractivity contribution is 14.0. The first kappa shape index (κ1) is 21.2. The Morgan fingerprint density at radius 2 is 1.80 bits per heavy atom. The molecule has 0 radical (unpaired) electrons. The number of guanidine groups is 1. The average Bonchev–Trinajstić information content (AvgIpc) is 2.57. The van der Waals surface area contributed by atoms with Crippen molar-refractivity contribution in [2.45, 2.75) is 26.8 Å². The molecule has 1 aromatic carbocycles. The molecule has 25 heavy (non-hydrogen) atoms. The van der Waals surface area contributed by atoms with Crippen LogP contribution in [0.25, 0.3) is 0 Å². The van der Waals surface area contributed by atoms with Gasteiger partial charge in [-0.3, -0.25) is 4.99 Å². The zero-order valence-corrected chi connectivity index (χ0v) is 17.6. The van der Waals surface area contributed by atoms with Gasteiger partial charge in [0.1, 0.15) is 0 Å². The molecule has 6 heteroatoms. The smallest absolute Gasteiger partial charge is 0.213 e. The summed E-state index contributed by atoms with van der Waals surface area (Å²) in [5.41, 5.74) is 5.05. The Bertz CT molecular complexity index is 683. The number of ether oxygens (including phenoxy) is 1. The Hall–Kier alpha value is -1.83. The van der Waals surface area contributed by atoms with E-state index in [9.17, 15) is 0 Å². The molecule has 136 valence electrons. The molecule has 0 saturated heterocycles. The highest BCUT2D eigenvalue weighted by Crippen LogP contribution is 2.09. The van der Waals surface area contributed by atoms with Gasteiger partial charge in [0, 0.05) is 32.4 Å². The highest BCUT2D eigenvalue weighted by atomic mass is 127. The Morgan fingerprint density at radius 3 is 2.44 bits per heavy atom. The third kappa shape index (κ3) is 7.29. The van der Waals surface area contributed by atoms with E-state index in [1.165, 1.54) is 16.7 Å². The number of pyridine rings is 1. The van der Waals surface area contributed by atoms with E-state index >= 15 is 0 Å². The first-order valence-electron chi connectivity index (χ1n) is 8.11. The van der Waals surface area contributed by atoms with Crippen LogP contribution in [0.2, 0.25) is 0 Å². The van der Waals surface area contributed by atoms with E-state index in [4.69, 9.17) is 4.74 Å². The lowest BCUT2D eigenvalue weighted by atomic mass is 10.1. The summed E-state index contributed by atoms with van der Waals surface area (Å²) >= 11 is 0. The molecule has 2 rings (SSSR count). The summed E-state index contributed by atoms with van der Waals surface area (Å²) in [6, 6.07) is 10.5. The van der Waals surface area contributed by atoms with Crippen molar-refractivity contribution in [1.82, 2.24) is 15.6 Å². The van der Waals surface area contributed by atoms with Gasteiger partial charge in [0.05, 0.1) is 7.11 Å². The minimum atomic E-state index is 0. The standard InChI is InChI=1S/C19H26N4O.HI/c1-14-9-15(2)11-16(10-14)5-8-22-19(20-3)23-13-17-6-7-21-18(12-17)24-4;/h6-7,9-12H,5,8,13H2,1-4H3,(H2,20,22,23);1H. The van der Waals surface area contributed by atoms with Crippen molar-refractivity contribution >= 4 is 29.9 Å². The number of rotatable bonds is 6. The number of nitrogens with zero attached hydrogens (tertiary/aromatic N) is 2. The largest absolute Gasteiger partial charge is 0.481 e. The Morgan fingerprint density at radius 1 is 1.08 bits per heavy atom. The zero-order chi connectivity index (χ0) is 17.4. The maximum absolute atomic E-state index is 5.14. The number of benzene rings is 1. The lowest BCUT2D eigenvalue weighted by molar-refractivity contribution is 0.397. The molecule has 0 spiro atoms. The quantitative estimate of drug-likeness (QED) is 0.400. The van der Waals surface area contributed by atoms with E-state index in [-0.39, 0.29) is 24.0 Å². The second-order valence-electron chi connectivity index (χ2n) is 5.80. The fourth-order valence-electron chi connectivity index (χ4n) is 2.62. The van der Waals surface area contributed by atoms with Gasteiger partial charge in [-0.15, -0.1) is 24.0 Å². The number of aromatic nitrogens is 1. The molecule has 1 heterocycles. The van der Waals surface area contributed by atoms with Gasteiger partial charge >= 0.3 is 0 Å². The van der Waals surface area contributed by atoms with E-state index in [2.05, 4.69) is 52.7 Å². The summed E-state index contributed by atoms with van der Waals surface area (Å²) in [6.07, 6.45) is 2.71. The molecule has 0 unspecified atom stereocenters. The van der Waals surface area contributed by atoms with Gasteiger partial charge in [-0.05, 0) is 37.5 Å². The maximum atomic E-state index is 5.14. The first-order valence-corrected chi connectivity index (χ1v) is 8.11. The Labute approximate surface area is 167 Å². The molecule has 1 aromatic heterocycles. The molecule has 5 nitrogen and oxygen atoms in total. The summed E-state index contributed by atoms with van der Waals surface area (Å²) in [7, 11) is 3.40. The minimum absolute atomic E-state index is 0. The highest BCUT2D eigenvalue weighted by Gasteiger charge is 2.01. The van der Waals surface area contributed by atoms with Crippen molar-refractivity contribution in [3.05, 3.63) is 58.8 Å². The molecule has 0 saturated carbocycles. The van der Waals surface area contributed by atoms with Crippen molar-refractivity contribution < 1.29 is 4.74 Å². The summed E-state index contributed by atoms with van der Waals surface area (Å²) in [5.74, 6) is 1.40. The van der Waals surface area contributed by atoms with Crippen LogP contribution in [0.1, 0.15) is 22.3 Å². The van der Waals surface area contributed by atoms with Gasteiger partial charge in [-0.25, -0.2) is 4.98 Å². The van der Waals surface area contributed by atoms with Gasteiger partial charge in [0.2, 0.25) is 5.88 Å². The fraction of sp³-hybridized carbons (Fsp3) is 0.368. The molecule has 0 fully saturated rings. The van der Waals surface area contributed by atoms with Gasteiger partial charge in [-0.1, -0.05) is 29.3 Å². The minimum Gasteiger partial charge on any atom is -0.481 e. The lowest BCUT2D eigenvalue weighted by Gasteiger charge is -2.12. The lowest BCUT2D eigenvalue weighted by Crippen LogP contribution is -2.37. The predicted molar refractivity (Wildman–Crippen MR) is 114 cm³/mol. The van der Waals surface area contributed by atoms with Crippen LogP contribution in [0.3, 0.4) is 0 Å². The van der Waals surface area contributed by atoms with Crippen LogP contribution in [-0.2, 0) is 13.0 Å². The first-order chi connectivity index (χ1) is 11.6. The van der Waals surface area contributed by atoms with E-state index in [0.717, 1.165) is 24.5 Å². The van der Waals surface area contributed by atoms with Crippen LogP contribution in [0, 0.1) is 13.8 Å². The van der Waals surface area contributed by atoms with Crippen molar-refractivity contribution in [2.75, 3.05) is 20.7 Å². The van der Waals surface area contributed by atoms with Crippen LogP contribution in [0.5, 0.6) is 5.88 Å². The van der Waals surface area contributed by atoms with E-state index in [0.29, 0.717) is 12.4 Å². The molecular weight excluding hydrogens is 427 g/mol. The third-order valence-corrected chi connectivity index (χ3v) is 3.68. The second kappa shape index (κ2) is 10.9. The molecule has 0 aliphatic carbocycles. The van der Waals surface area contributed by atoms with E-state index in [1.54, 1.807) is 20.4 Å². The van der Waals surface area contributed by atoms with Gasteiger partial charge in [-0.2, -0.15) is 0 Å². The summed E-state index contributed by atoms with van der Waals surface area (Å²) < 4.78 is 5.14. The number of hydrogen-bond donors (Lipinski definition) is 2. The molecule has 0 atom stereocenters. The Balaban J connectivity index is 0.00000312. The fourth-order valence-corrected chi connectivity index (χ4v) is 2.62. The van der Waals surface area contributed by atoms with Crippen molar-refractivity contribution in [2.24, 2.45) is 4.99 Å². The van der Waals surface area contributed by atoms with Crippen molar-refractivity contribution in [3.8, 4) is 5.88 Å². The SMILES string of the molecule is CN=C(NCCc1cc(C)cc(C)c1)NCc1ccnc(OC)c1.I. The van der Waals surface area contributed by atoms with E-state index < -0.39 is 0 Å².